The Morgan fingerprint density at radius 1 is 1.30 bits per heavy atom. The molecule has 1 heterocycles. The topological polar surface area (TPSA) is 87.0 Å². The molecule has 6 nitrogen and oxygen atoms in total. The van der Waals surface area contributed by atoms with E-state index in [0.29, 0.717) is 5.56 Å². The third-order valence-electron chi connectivity index (χ3n) is 3.32. The summed E-state index contributed by atoms with van der Waals surface area (Å²) in [7, 11) is 0. The Morgan fingerprint density at radius 2 is 2.09 bits per heavy atom. The van der Waals surface area contributed by atoms with Crippen LogP contribution in [0.1, 0.15) is 10.4 Å². The molecule has 8 heteroatoms. The number of imidazole rings is 1. The zero-order valence-corrected chi connectivity index (χ0v) is 13.3. The van der Waals surface area contributed by atoms with Crippen LogP contribution in [0.15, 0.2) is 48.8 Å². The summed E-state index contributed by atoms with van der Waals surface area (Å²) in [6.45, 7) is 0.0993. The fourth-order valence-electron chi connectivity index (χ4n) is 2.25. The molecule has 0 amide bonds. The molecule has 0 aliphatic heterocycles. The molecular weight excluding hydrogens is 338 g/mol. The van der Waals surface area contributed by atoms with Crippen molar-refractivity contribution in [1.82, 2.24) is 9.55 Å². The number of carbonyl (C=O) groups excluding carboxylic acids is 1. The predicted octanol–water partition coefficient (Wildman–Crippen LogP) is 2.78. The molecule has 0 saturated carbocycles. The van der Waals surface area contributed by atoms with E-state index < -0.39 is 11.3 Å². The maximum absolute atomic E-state index is 12.4. The van der Waals surface area contributed by atoms with Crippen molar-refractivity contribution >= 4 is 45.4 Å². The largest absolute Gasteiger partial charge is 0.755 e. The van der Waals surface area contributed by atoms with Gasteiger partial charge in [0.1, 0.15) is 0 Å². The second kappa shape index (κ2) is 6.49. The molecule has 0 fully saturated rings. The number of hydrogen-bond acceptors (Lipinski definition) is 4. The summed E-state index contributed by atoms with van der Waals surface area (Å²) in [4.78, 5) is 16.7. The van der Waals surface area contributed by atoms with Crippen LogP contribution in [0.5, 0.6) is 0 Å². The average molecular weight is 349 g/mol. The Balaban J connectivity index is 1.87. The van der Waals surface area contributed by atoms with Crippen LogP contribution < -0.4 is 4.72 Å². The number of para-hydroxylation sites is 2. The Bertz CT molecular complexity index is 910. The lowest BCUT2D eigenvalue weighted by molar-refractivity contribution is 0.0973. The highest BCUT2D eigenvalue weighted by Gasteiger charge is 2.11. The summed E-state index contributed by atoms with van der Waals surface area (Å²) in [5.74, 6) is -0.176. The van der Waals surface area contributed by atoms with E-state index in [4.69, 9.17) is 11.6 Å². The maximum Gasteiger partial charge on any atom is 0.182 e. The molecule has 3 aromatic rings. The number of Topliss-reactive ketones (excluding diaryl/α,β-unsaturated/α-hetero) is 1. The van der Waals surface area contributed by atoms with Crippen LogP contribution in [0, 0.1) is 0 Å². The Labute approximate surface area is 139 Å². The Hall–Kier alpha value is -2.22. The van der Waals surface area contributed by atoms with E-state index in [1.165, 1.54) is 12.1 Å². The molecule has 0 aliphatic rings. The lowest BCUT2D eigenvalue weighted by Gasteiger charge is -2.12. The number of nitrogens with zero attached hydrogens (tertiary/aromatic N) is 2. The number of nitrogens with one attached hydrogen (secondary N) is 1. The second-order valence-electron chi connectivity index (χ2n) is 4.82. The van der Waals surface area contributed by atoms with Gasteiger partial charge in [-0.05, 0) is 30.3 Å². The van der Waals surface area contributed by atoms with Crippen molar-refractivity contribution in [3.8, 4) is 0 Å². The number of aromatic nitrogens is 2. The van der Waals surface area contributed by atoms with E-state index in [9.17, 15) is 13.6 Å². The third-order valence-corrected chi connectivity index (χ3v) is 4.04. The Morgan fingerprint density at radius 3 is 2.87 bits per heavy atom. The lowest BCUT2D eigenvalue weighted by Crippen LogP contribution is -2.10. The summed E-state index contributed by atoms with van der Waals surface area (Å²) < 4.78 is 25.4. The minimum Gasteiger partial charge on any atom is -0.755 e. The monoisotopic (exact) mass is 348 g/mol. The van der Waals surface area contributed by atoms with Gasteiger partial charge in [0.15, 0.2) is 5.78 Å². The first-order valence-electron chi connectivity index (χ1n) is 6.63. The van der Waals surface area contributed by atoms with Crippen molar-refractivity contribution in [1.29, 1.82) is 0 Å². The summed E-state index contributed by atoms with van der Waals surface area (Å²) in [5, 5.41) is 0.221. The van der Waals surface area contributed by atoms with Gasteiger partial charge in [0, 0.05) is 16.8 Å². The van der Waals surface area contributed by atoms with E-state index in [2.05, 4.69) is 9.71 Å². The fourth-order valence-corrected chi connectivity index (χ4v) is 2.82. The van der Waals surface area contributed by atoms with Crippen molar-refractivity contribution in [2.45, 2.75) is 6.54 Å². The number of ketones is 1. The van der Waals surface area contributed by atoms with Crippen molar-refractivity contribution in [2.24, 2.45) is 0 Å². The van der Waals surface area contributed by atoms with Gasteiger partial charge >= 0.3 is 0 Å². The van der Waals surface area contributed by atoms with Crippen LogP contribution in [-0.4, -0.2) is 24.1 Å². The van der Waals surface area contributed by atoms with Crippen molar-refractivity contribution in [3.63, 3.8) is 0 Å². The highest BCUT2D eigenvalue weighted by Crippen LogP contribution is 2.24. The zero-order chi connectivity index (χ0) is 16.4. The fraction of sp³-hybridized carbons (Fsp3) is 0.0667. The quantitative estimate of drug-likeness (QED) is 0.567. The molecule has 0 spiro atoms. The summed E-state index contributed by atoms with van der Waals surface area (Å²) in [5.41, 5.74) is 2.19. The van der Waals surface area contributed by atoms with Crippen molar-refractivity contribution in [2.75, 3.05) is 4.72 Å². The number of rotatable bonds is 5. The van der Waals surface area contributed by atoms with Gasteiger partial charge in [-0.2, -0.15) is 0 Å². The smallest absolute Gasteiger partial charge is 0.182 e. The number of carbonyl (C=O) groups is 1. The van der Waals surface area contributed by atoms with E-state index in [0.717, 1.165) is 11.0 Å². The molecular formula is C15H11ClN3O3S-. The van der Waals surface area contributed by atoms with Crippen LogP contribution in [0.25, 0.3) is 11.0 Å². The third kappa shape index (κ3) is 3.42. The molecule has 0 bridgehead atoms. The highest BCUT2D eigenvalue weighted by atomic mass is 35.5. The van der Waals surface area contributed by atoms with Gasteiger partial charge in [0.2, 0.25) is 0 Å². The highest BCUT2D eigenvalue weighted by molar-refractivity contribution is 7.80. The molecule has 0 radical (unpaired) electrons. The van der Waals surface area contributed by atoms with Crippen LogP contribution in [0.4, 0.5) is 5.69 Å². The van der Waals surface area contributed by atoms with Crippen molar-refractivity contribution in [3.05, 3.63) is 59.4 Å². The van der Waals surface area contributed by atoms with Gasteiger partial charge < -0.3 is 13.8 Å². The number of anilines is 1. The molecule has 23 heavy (non-hydrogen) atoms. The molecule has 1 aromatic heterocycles. The minimum absolute atomic E-state index is 0.0993. The number of fused-ring (bicyclic) bond motifs is 1. The maximum atomic E-state index is 12.4. The summed E-state index contributed by atoms with van der Waals surface area (Å²) in [6, 6.07) is 12.0. The number of benzene rings is 2. The summed E-state index contributed by atoms with van der Waals surface area (Å²) in [6.07, 6.45) is 1.60. The normalized spacial score (nSPS) is 12.3. The number of hydrogen-bond donors (Lipinski definition) is 1. The molecule has 0 saturated heterocycles. The van der Waals surface area contributed by atoms with Crippen LogP contribution in [-0.2, 0) is 17.8 Å². The number of halogens is 1. The van der Waals surface area contributed by atoms with Crippen LogP contribution >= 0.6 is 11.6 Å². The van der Waals surface area contributed by atoms with E-state index in [1.807, 2.05) is 24.3 Å². The van der Waals surface area contributed by atoms with Gasteiger partial charge in [-0.25, -0.2) is 4.98 Å². The van der Waals surface area contributed by atoms with Crippen molar-refractivity contribution < 1.29 is 13.6 Å². The van der Waals surface area contributed by atoms with Gasteiger partial charge in [-0.3, -0.25) is 9.00 Å². The summed E-state index contributed by atoms with van der Waals surface area (Å²) >= 11 is 3.39. The molecule has 1 N–H and O–H groups in total. The van der Waals surface area contributed by atoms with E-state index in [-0.39, 0.29) is 23.0 Å². The first-order valence-corrected chi connectivity index (χ1v) is 8.08. The predicted molar refractivity (Wildman–Crippen MR) is 88.1 cm³/mol. The van der Waals surface area contributed by atoms with Gasteiger partial charge in [0.25, 0.3) is 0 Å². The van der Waals surface area contributed by atoms with Crippen LogP contribution in [0.3, 0.4) is 0 Å². The van der Waals surface area contributed by atoms with Gasteiger partial charge in [-0.15, -0.1) is 0 Å². The Kier molecular flexibility index (Phi) is 4.42. The first kappa shape index (κ1) is 15.7. The molecule has 1 unspecified atom stereocenters. The van der Waals surface area contributed by atoms with Gasteiger partial charge in [0.05, 0.1) is 34.6 Å². The second-order valence-corrected chi connectivity index (χ2v) is 5.90. The van der Waals surface area contributed by atoms with E-state index >= 15 is 0 Å². The average Bonchev–Trinajstić information content (AvgIpc) is 2.92. The standard InChI is InChI=1S/C15H12ClN3O3S/c16-11-6-5-10(7-13(11)18-23(21)22)15(20)8-19-9-17-12-3-1-2-4-14(12)19/h1-7,9,18H,8H2,(H,21,22)/p-1. The van der Waals surface area contributed by atoms with Gasteiger partial charge in [-0.1, -0.05) is 23.7 Å². The SMILES string of the molecule is O=C(Cn1cnc2ccccc21)c1ccc(Cl)c(NS(=O)[O-])c1. The minimum atomic E-state index is -2.51. The molecule has 1 atom stereocenters. The molecule has 2 aromatic carbocycles. The van der Waals surface area contributed by atoms with E-state index in [1.54, 1.807) is 17.0 Å². The first-order chi connectivity index (χ1) is 11.0. The lowest BCUT2D eigenvalue weighted by atomic mass is 10.1. The molecule has 0 aliphatic carbocycles. The molecule has 3 rings (SSSR count). The molecule has 118 valence electrons. The van der Waals surface area contributed by atoms with Crippen LogP contribution in [0.2, 0.25) is 5.02 Å². The zero-order valence-electron chi connectivity index (χ0n) is 11.7.